The second-order valence-corrected chi connectivity index (χ2v) is 6.19. The zero-order valence-electron chi connectivity index (χ0n) is 9.19. The van der Waals surface area contributed by atoms with E-state index in [1.54, 1.807) is 11.3 Å². The van der Waals surface area contributed by atoms with Crippen molar-refractivity contribution in [2.24, 2.45) is 0 Å². The summed E-state index contributed by atoms with van der Waals surface area (Å²) in [6.07, 6.45) is 2.59. The van der Waals surface area contributed by atoms with Crippen LogP contribution in [0.15, 0.2) is 28.7 Å². The standard InChI is InChI=1S/C13H12BrNOS/c14-9-4-1-3-8(7-9)13-15-10-5-2-6-11(16)12(10)17-13/h1,3-4,7,11,16H,2,5-6H2. The molecule has 0 fully saturated rings. The van der Waals surface area contributed by atoms with Crippen LogP contribution >= 0.6 is 27.3 Å². The Morgan fingerprint density at radius 2 is 2.29 bits per heavy atom. The normalized spacial score (nSPS) is 19.1. The largest absolute Gasteiger partial charge is 0.388 e. The number of benzene rings is 1. The highest BCUT2D eigenvalue weighted by Gasteiger charge is 2.22. The third-order valence-corrected chi connectivity index (χ3v) is 4.73. The van der Waals surface area contributed by atoms with Crippen LogP contribution in [-0.2, 0) is 6.42 Å². The first-order chi connectivity index (χ1) is 8.24. The number of rotatable bonds is 1. The molecule has 0 saturated heterocycles. The molecular formula is C13H12BrNOS. The highest BCUT2D eigenvalue weighted by molar-refractivity contribution is 9.10. The molecule has 1 aromatic carbocycles. The van der Waals surface area contributed by atoms with Crippen molar-refractivity contribution in [3.05, 3.63) is 39.3 Å². The van der Waals surface area contributed by atoms with Crippen LogP contribution in [0.1, 0.15) is 29.5 Å². The average Bonchev–Trinajstić information content (AvgIpc) is 2.74. The van der Waals surface area contributed by atoms with E-state index in [1.807, 2.05) is 12.1 Å². The number of hydrogen-bond acceptors (Lipinski definition) is 3. The van der Waals surface area contributed by atoms with Gasteiger partial charge < -0.3 is 5.11 Å². The summed E-state index contributed by atoms with van der Waals surface area (Å²) in [6, 6.07) is 8.14. The van der Waals surface area contributed by atoms with Gasteiger partial charge in [-0.15, -0.1) is 11.3 Å². The smallest absolute Gasteiger partial charge is 0.124 e. The lowest BCUT2D eigenvalue weighted by molar-refractivity contribution is 0.160. The number of aliphatic hydroxyl groups excluding tert-OH is 1. The van der Waals surface area contributed by atoms with Gasteiger partial charge in [0.05, 0.1) is 16.7 Å². The van der Waals surface area contributed by atoms with Gasteiger partial charge in [0.1, 0.15) is 5.01 Å². The number of aromatic nitrogens is 1. The van der Waals surface area contributed by atoms with Crippen molar-refractivity contribution < 1.29 is 5.11 Å². The number of fused-ring (bicyclic) bond motifs is 1. The van der Waals surface area contributed by atoms with Crippen molar-refractivity contribution in [3.8, 4) is 10.6 Å². The van der Waals surface area contributed by atoms with Gasteiger partial charge in [-0.1, -0.05) is 28.1 Å². The van der Waals surface area contributed by atoms with Crippen LogP contribution in [-0.4, -0.2) is 10.1 Å². The fourth-order valence-corrected chi connectivity index (χ4v) is 3.67. The first-order valence-corrected chi connectivity index (χ1v) is 7.28. The minimum absolute atomic E-state index is 0.308. The van der Waals surface area contributed by atoms with Crippen molar-refractivity contribution in [3.63, 3.8) is 0 Å². The van der Waals surface area contributed by atoms with Crippen LogP contribution in [0.4, 0.5) is 0 Å². The Morgan fingerprint density at radius 1 is 1.41 bits per heavy atom. The van der Waals surface area contributed by atoms with Crippen LogP contribution < -0.4 is 0 Å². The molecule has 1 aliphatic rings. The van der Waals surface area contributed by atoms with Crippen molar-refractivity contribution in [1.29, 1.82) is 0 Å². The van der Waals surface area contributed by atoms with Gasteiger partial charge in [-0.05, 0) is 31.4 Å². The molecule has 17 heavy (non-hydrogen) atoms. The Kier molecular flexibility index (Phi) is 3.03. The molecule has 3 rings (SSSR count). The summed E-state index contributed by atoms with van der Waals surface area (Å²) in [4.78, 5) is 5.71. The quantitative estimate of drug-likeness (QED) is 0.865. The molecule has 0 saturated carbocycles. The summed E-state index contributed by atoms with van der Waals surface area (Å²) in [5, 5.41) is 10.9. The lowest BCUT2D eigenvalue weighted by atomic mass is 10.0. The summed E-state index contributed by atoms with van der Waals surface area (Å²) in [5.74, 6) is 0. The van der Waals surface area contributed by atoms with E-state index in [0.29, 0.717) is 0 Å². The predicted octanol–water partition coefficient (Wildman–Crippen LogP) is 3.94. The number of aliphatic hydroxyl groups is 1. The van der Waals surface area contributed by atoms with E-state index in [9.17, 15) is 5.11 Å². The van der Waals surface area contributed by atoms with Crippen molar-refractivity contribution >= 4 is 27.3 Å². The van der Waals surface area contributed by atoms with Crippen LogP contribution in [0.3, 0.4) is 0 Å². The minimum Gasteiger partial charge on any atom is -0.388 e. The van der Waals surface area contributed by atoms with Gasteiger partial charge in [0.2, 0.25) is 0 Å². The zero-order valence-corrected chi connectivity index (χ0v) is 11.6. The average molecular weight is 310 g/mol. The topological polar surface area (TPSA) is 33.1 Å². The molecule has 4 heteroatoms. The summed E-state index contributed by atoms with van der Waals surface area (Å²) < 4.78 is 1.06. The zero-order chi connectivity index (χ0) is 11.8. The summed E-state index contributed by atoms with van der Waals surface area (Å²) in [6.45, 7) is 0. The number of nitrogens with zero attached hydrogens (tertiary/aromatic N) is 1. The van der Waals surface area contributed by atoms with Gasteiger partial charge in [-0.2, -0.15) is 0 Å². The lowest BCUT2D eigenvalue weighted by Gasteiger charge is -2.14. The van der Waals surface area contributed by atoms with E-state index in [2.05, 4.69) is 33.0 Å². The van der Waals surface area contributed by atoms with Gasteiger partial charge in [-0.25, -0.2) is 4.98 Å². The maximum atomic E-state index is 9.94. The van der Waals surface area contributed by atoms with Crippen molar-refractivity contribution in [1.82, 2.24) is 4.98 Å². The molecule has 1 aromatic heterocycles. The third kappa shape index (κ3) is 2.17. The Hall–Kier alpha value is -0.710. The molecule has 0 spiro atoms. The Morgan fingerprint density at radius 3 is 3.06 bits per heavy atom. The highest BCUT2D eigenvalue weighted by Crippen LogP contribution is 2.38. The molecule has 1 N–H and O–H groups in total. The molecule has 2 aromatic rings. The molecule has 88 valence electrons. The molecule has 1 atom stereocenters. The molecule has 0 aliphatic heterocycles. The fourth-order valence-electron chi connectivity index (χ4n) is 2.14. The van der Waals surface area contributed by atoms with Crippen LogP contribution in [0.5, 0.6) is 0 Å². The summed E-state index contributed by atoms with van der Waals surface area (Å²) >= 11 is 5.09. The minimum atomic E-state index is -0.308. The van der Waals surface area contributed by atoms with E-state index < -0.39 is 0 Å². The van der Waals surface area contributed by atoms with E-state index in [1.165, 1.54) is 0 Å². The van der Waals surface area contributed by atoms with Crippen LogP contribution in [0.25, 0.3) is 10.6 Å². The van der Waals surface area contributed by atoms with Crippen molar-refractivity contribution in [2.45, 2.75) is 25.4 Å². The van der Waals surface area contributed by atoms with Crippen LogP contribution in [0, 0.1) is 0 Å². The summed E-state index contributed by atoms with van der Waals surface area (Å²) in [7, 11) is 0. The lowest BCUT2D eigenvalue weighted by Crippen LogP contribution is -2.06. The predicted molar refractivity (Wildman–Crippen MR) is 73.1 cm³/mol. The van der Waals surface area contributed by atoms with E-state index >= 15 is 0 Å². The number of hydrogen-bond donors (Lipinski definition) is 1. The number of thiazole rings is 1. The molecule has 0 amide bonds. The fraction of sp³-hybridized carbons (Fsp3) is 0.308. The molecule has 0 bridgehead atoms. The van der Waals surface area contributed by atoms with E-state index in [0.717, 1.165) is 44.9 Å². The molecule has 1 heterocycles. The molecule has 2 nitrogen and oxygen atoms in total. The van der Waals surface area contributed by atoms with Crippen LogP contribution in [0.2, 0.25) is 0 Å². The first kappa shape index (κ1) is 11.4. The first-order valence-electron chi connectivity index (χ1n) is 5.67. The molecule has 0 radical (unpaired) electrons. The number of halogens is 1. The van der Waals surface area contributed by atoms with Gasteiger partial charge in [-0.3, -0.25) is 0 Å². The Balaban J connectivity index is 2.05. The van der Waals surface area contributed by atoms with Gasteiger partial charge >= 0.3 is 0 Å². The van der Waals surface area contributed by atoms with Gasteiger partial charge in [0.15, 0.2) is 0 Å². The highest BCUT2D eigenvalue weighted by atomic mass is 79.9. The number of aryl methyl sites for hydroxylation is 1. The van der Waals surface area contributed by atoms with Gasteiger partial charge in [0.25, 0.3) is 0 Å². The molecular weight excluding hydrogens is 298 g/mol. The van der Waals surface area contributed by atoms with Crippen molar-refractivity contribution in [2.75, 3.05) is 0 Å². The van der Waals surface area contributed by atoms with E-state index in [4.69, 9.17) is 0 Å². The SMILES string of the molecule is OC1CCCc2nc(-c3cccc(Br)c3)sc21. The maximum absolute atomic E-state index is 9.94. The monoisotopic (exact) mass is 309 g/mol. The molecule has 1 unspecified atom stereocenters. The van der Waals surface area contributed by atoms with Gasteiger partial charge in [0, 0.05) is 10.0 Å². The second kappa shape index (κ2) is 4.52. The second-order valence-electron chi connectivity index (χ2n) is 4.25. The summed E-state index contributed by atoms with van der Waals surface area (Å²) in [5.41, 5.74) is 2.20. The molecule has 1 aliphatic carbocycles. The van der Waals surface area contributed by atoms with E-state index in [-0.39, 0.29) is 6.10 Å². The maximum Gasteiger partial charge on any atom is 0.124 e. The Bertz CT molecular complexity index is 552. The Labute approximate surface area is 112 Å². The third-order valence-electron chi connectivity index (χ3n) is 2.99.